The zero-order valence-electron chi connectivity index (χ0n) is 13.5. The van der Waals surface area contributed by atoms with Crippen molar-refractivity contribution in [2.24, 2.45) is 5.73 Å². The maximum atomic E-state index is 12.0. The van der Waals surface area contributed by atoms with Crippen LogP contribution in [0.3, 0.4) is 0 Å². The van der Waals surface area contributed by atoms with Crippen LogP contribution in [-0.4, -0.2) is 80.0 Å². The van der Waals surface area contributed by atoms with Crippen molar-refractivity contribution in [2.75, 3.05) is 53.4 Å². The number of hydrogen-bond donors (Lipinski definition) is 1. The zero-order chi connectivity index (χ0) is 15.0. The molecule has 5 nitrogen and oxygen atoms in total. The minimum absolute atomic E-state index is 0.00203. The molecule has 0 aromatic heterocycles. The van der Waals surface area contributed by atoms with Gasteiger partial charge in [0.25, 0.3) is 0 Å². The molecule has 20 heavy (non-hydrogen) atoms. The molecule has 0 aromatic rings. The topological polar surface area (TPSA) is 52.8 Å². The molecular weight excluding hydrogens is 252 g/mol. The minimum Gasteiger partial charge on any atom is -0.347 e. The van der Waals surface area contributed by atoms with Crippen LogP contribution in [0.2, 0.25) is 0 Å². The van der Waals surface area contributed by atoms with E-state index in [2.05, 4.69) is 9.80 Å². The average Bonchev–Trinajstić information content (AvgIpc) is 2.67. The Bertz CT molecular complexity index is 283. The highest BCUT2D eigenvalue weighted by Crippen LogP contribution is 2.09. The second-order valence-electron chi connectivity index (χ2n) is 5.99. The first-order chi connectivity index (χ1) is 9.56. The molecule has 1 rings (SSSR count). The Kier molecular flexibility index (Phi) is 8.11. The van der Waals surface area contributed by atoms with Crippen molar-refractivity contribution >= 4 is 5.91 Å². The molecule has 0 aromatic carbocycles. The fraction of sp³-hybridized carbons (Fsp3) is 0.933. The number of likely N-dealkylation sites (N-methyl/N-ethyl adjacent to an activating group) is 1. The smallest absolute Gasteiger partial charge is 0.239 e. The van der Waals surface area contributed by atoms with Gasteiger partial charge in [0.1, 0.15) is 0 Å². The Balaban J connectivity index is 2.33. The molecule has 1 unspecified atom stereocenters. The predicted octanol–water partition coefficient (Wildman–Crippen LogP) is 0.600. The molecule has 0 spiro atoms. The van der Waals surface area contributed by atoms with Crippen molar-refractivity contribution in [2.45, 2.75) is 38.6 Å². The van der Waals surface area contributed by atoms with Crippen LogP contribution in [0.1, 0.15) is 32.6 Å². The van der Waals surface area contributed by atoms with E-state index in [1.165, 1.54) is 19.4 Å². The predicted molar refractivity (Wildman–Crippen MR) is 83.7 cm³/mol. The van der Waals surface area contributed by atoms with Gasteiger partial charge in [-0.15, -0.1) is 0 Å². The van der Waals surface area contributed by atoms with Gasteiger partial charge >= 0.3 is 0 Å². The van der Waals surface area contributed by atoms with Crippen LogP contribution in [0.5, 0.6) is 0 Å². The first-order valence-electron chi connectivity index (χ1n) is 7.94. The molecule has 1 fully saturated rings. The molecule has 1 saturated heterocycles. The van der Waals surface area contributed by atoms with Crippen molar-refractivity contribution in [1.82, 2.24) is 14.7 Å². The molecule has 118 valence electrons. The zero-order valence-corrected chi connectivity index (χ0v) is 13.5. The maximum Gasteiger partial charge on any atom is 0.239 e. The molecule has 1 aliphatic heterocycles. The average molecular weight is 284 g/mol. The highest BCUT2D eigenvalue weighted by Gasteiger charge is 2.24. The number of carbonyl (C=O) groups is 1. The number of hydrogen-bond acceptors (Lipinski definition) is 4. The molecule has 0 aliphatic carbocycles. The van der Waals surface area contributed by atoms with Gasteiger partial charge < -0.3 is 15.5 Å². The van der Waals surface area contributed by atoms with Crippen molar-refractivity contribution in [3.05, 3.63) is 0 Å². The van der Waals surface area contributed by atoms with Crippen molar-refractivity contribution in [3.63, 3.8) is 0 Å². The SMILES string of the molecule is CC(C(=O)N(C)C)N1CCCN(CCCCCN)CC1. The van der Waals surface area contributed by atoms with E-state index in [0.717, 1.165) is 45.6 Å². The van der Waals surface area contributed by atoms with Gasteiger partial charge in [0.05, 0.1) is 6.04 Å². The largest absolute Gasteiger partial charge is 0.347 e. The third-order valence-corrected chi connectivity index (χ3v) is 4.15. The van der Waals surface area contributed by atoms with E-state index in [-0.39, 0.29) is 11.9 Å². The van der Waals surface area contributed by atoms with Crippen molar-refractivity contribution in [3.8, 4) is 0 Å². The van der Waals surface area contributed by atoms with Gasteiger partial charge in [0.2, 0.25) is 5.91 Å². The fourth-order valence-electron chi connectivity index (χ4n) is 2.79. The summed E-state index contributed by atoms with van der Waals surface area (Å²) in [6.07, 6.45) is 4.76. The molecular formula is C15H32N4O. The molecule has 1 amide bonds. The van der Waals surface area contributed by atoms with Gasteiger partial charge in [-0.25, -0.2) is 0 Å². The quantitative estimate of drug-likeness (QED) is 0.696. The van der Waals surface area contributed by atoms with Crippen LogP contribution in [0.4, 0.5) is 0 Å². The number of carbonyl (C=O) groups excluding carboxylic acids is 1. The van der Waals surface area contributed by atoms with Crippen LogP contribution in [0.15, 0.2) is 0 Å². The first kappa shape index (κ1) is 17.4. The highest BCUT2D eigenvalue weighted by atomic mass is 16.2. The molecule has 2 N–H and O–H groups in total. The summed E-state index contributed by atoms with van der Waals surface area (Å²) >= 11 is 0. The third-order valence-electron chi connectivity index (χ3n) is 4.15. The Morgan fingerprint density at radius 3 is 2.55 bits per heavy atom. The first-order valence-corrected chi connectivity index (χ1v) is 7.94. The van der Waals surface area contributed by atoms with Crippen LogP contribution in [0.25, 0.3) is 0 Å². The van der Waals surface area contributed by atoms with Gasteiger partial charge in [-0.05, 0) is 45.8 Å². The number of nitrogens with zero attached hydrogens (tertiary/aromatic N) is 3. The van der Waals surface area contributed by atoms with Crippen molar-refractivity contribution < 1.29 is 4.79 Å². The maximum absolute atomic E-state index is 12.0. The highest BCUT2D eigenvalue weighted by molar-refractivity contribution is 5.80. The molecule has 1 heterocycles. The summed E-state index contributed by atoms with van der Waals surface area (Å²) in [6, 6.07) is 0.00203. The monoisotopic (exact) mass is 284 g/mol. The number of amides is 1. The Morgan fingerprint density at radius 2 is 1.90 bits per heavy atom. The normalized spacial score (nSPS) is 19.6. The molecule has 0 radical (unpaired) electrons. The molecule has 5 heteroatoms. The summed E-state index contributed by atoms with van der Waals surface area (Å²) < 4.78 is 0. The molecule has 0 saturated carbocycles. The van der Waals surface area contributed by atoms with E-state index in [4.69, 9.17) is 5.73 Å². The van der Waals surface area contributed by atoms with E-state index < -0.39 is 0 Å². The third kappa shape index (κ3) is 5.77. The Labute approximate surface area is 124 Å². The fourth-order valence-corrected chi connectivity index (χ4v) is 2.79. The van der Waals surface area contributed by atoms with E-state index in [1.807, 2.05) is 21.0 Å². The van der Waals surface area contributed by atoms with Crippen molar-refractivity contribution in [1.29, 1.82) is 0 Å². The van der Waals surface area contributed by atoms with Crippen LogP contribution < -0.4 is 5.73 Å². The number of nitrogens with two attached hydrogens (primary N) is 1. The van der Waals surface area contributed by atoms with Gasteiger partial charge in [0.15, 0.2) is 0 Å². The number of unbranched alkanes of at least 4 members (excludes halogenated alkanes) is 2. The lowest BCUT2D eigenvalue weighted by molar-refractivity contribution is -0.133. The van der Waals surface area contributed by atoms with Gasteiger partial charge in [-0.1, -0.05) is 6.42 Å². The summed E-state index contributed by atoms with van der Waals surface area (Å²) in [5, 5.41) is 0. The number of rotatable bonds is 7. The molecule has 1 atom stereocenters. The van der Waals surface area contributed by atoms with Crippen LogP contribution in [0, 0.1) is 0 Å². The standard InChI is InChI=1S/C15H32N4O/c1-14(15(20)17(2)3)19-11-7-10-18(12-13-19)9-6-4-5-8-16/h14H,4-13,16H2,1-3H3. The lowest BCUT2D eigenvalue weighted by atomic mass is 10.2. The second kappa shape index (κ2) is 9.32. The summed E-state index contributed by atoms with van der Waals surface area (Å²) in [6.45, 7) is 8.26. The molecule has 1 aliphatic rings. The lowest BCUT2D eigenvalue weighted by Gasteiger charge is -2.28. The summed E-state index contributed by atoms with van der Waals surface area (Å²) in [5.74, 6) is 0.210. The van der Waals surface area contributed by atoms with E-state index in [9.17, 15) is 4.79 Å². The van der Waals surface area contributed by atoms with Gasteiger partial charge in [-0.3, -0.25) is 9.69 Å². The van der Waals surface area contributed by atoms with E-state index >= 15 is 0 Å². The minimum atomic E-state index is 0.00203. The summed E-state index contributed by atoms with van der Waals surface area (Å²) in [5.41, 5.74) is 5.52. The van der Waals surface area contributed by atoms with Crippen LogP contribution >= 0.6 is 0 Å². The Hall–Kier alpha value is -0.650. The lowest BCUT2D eigenvalue weighted by Crippen LogP contribution is -2.46. The van der Waals surface area contributed by atoms with E-state index in [0.29, 0.717) is 0 Å². The van der Waals surface area contributed by atoms with E-state index in [1.54, 1.807) is 4.90 Å². The Morgan fingerprint density at radius 1 is 1.15 bits per heavy atom. The van der Waals surface area contributed by atoms with Crippen LogP contribution in [-0.2, 0) is 4.79 Å². The van der Waals surface area contributed by atoms with Gasteiger partial charge in [-0.2, -0.15) is 0 Å². The second-order valence-corrected chi connectivity index (χ2v) is 5.99. The molecule has 0 bridgehead atoms. The van der Waals surface area contributed by atoms with Gasteiger partial charge in [0, 0.05) is 33.7 Å². The summed E-state index contributed by atoms with van der Waals surface area (Å²) in [4.78, 5) is 18.6. The summed E-state index contributed by atoms with van der Waals surface area (Å²) in [7, 11) is 3.67.